The molecule has 0 aromatic heterocycles. The van der Waals surface area contributed by atoms with E-state index in [9.17, 15) is 9.59 Å². The molecule has 0 saturated carbocycles. The van der Waals surface area contributed by atoms with E-state index in [1.54, 1.807) is 0 Å². The quantitative estimate of drug-likeness (QED) is 0.568. The summed E-state index contributed by atoms with van der Waals surface area (Å²) in [5.74, 6) is -0.652. The number of aryl methyl sites for hydroxylation is 5. The zero-order valence-corrected chi connectivity index (χ0v) is 18.5. The molecule has 4 heteroatoms. The topological polar surface area (TPSA) is 49.4 Å². The lowest BCUT2D eigenvalue weighted by molar-refractivity contribution is -0.120. The summed E-state index contributed by atoms with van der Waals surface area (Å²) in [6, 6.07) is 19.4. The van der Waals surface area contributed by atoms with Gasteiger partial charge in [0.1, 0.15) is 5.70 Å². The standard InChI is InChI=1S/C27H26N2O2/c1-16-12-17(2)14-22(13-16)28-25-24(21-11-10-18(3)20(5)15-21)26(30)29(27(25)31)23-9-7-6-8-19(23)4/h6-15,28H,1-5H3. The van der Waals surface area contributed by atoms with Crippen LogP contribution in [0.1, 0.15) is 33.4 Å². The van der Waals surface area contributed by atoms with Crippen LogP contribution in [0.15, 0.2) is 66.4 Å². The van der Waals surface area contributed by atoms with Gasteiger partial charge in [0, 0.05) is 5.69 Å². The summed E-state index contributed by atoms with van der Waals surface area (Å²) in [7, 11) is 0. The molecule has 4 rings (SSSR count). The summed E-state index contributed by atoms with van der Waals surface area (Å²) in [6.07, 6.45) is 0. The maximum Gasteiger partial charge on any atom is 0.282 e. The normalized spacial score (nSPS) is 13.9. The molecule has 1 aliphatic heterocycles. The number of carbonyl (C=O) groups excluding carboxylic acids is 2. The van der Waals surface area contributed by atoms with Crippen LogP contribution in [0.2, 0.25) is 0 Å². The molecular weight excluding hydrogens is 384 g/mol. The van der Waals surface area contributed by atoms with Crippen LogP contribution in [0.4, 0.5) is 11.4 Å². The Bertz CT molecular complexity index is 1230. The Kier molecular flexibility index (Phi) is 5.24. The van der Waals surface area contributed by atoms with Crippen molar-refractivity contribution in [3.05, 3.63) is 99.7 Å². The van der Waals surface area contributed by atoms with Gasteiger partial charge in [-0.05, 0) is 86.2 Å². The fourth-order valence-electron chi connectivity index (χ4n) is 4.03. The van der Waals surface area contributed by atoms with Crippen molar-refractivity contribution >= 4 is 28.8 Å². The van der Waals surface area contributed by atoms with Gasteiger partial charge >= 0.3 is 0 Å². The Morgan fingerprint density at radius 1 is 0.677 bits per heavy atom. The minimum Gasteiger partial charge on any atom is -0.350 e. The second-order valence-corrected chi connectivity index (χ2v) is 8.28. The number of imide groups is 1. The third-order valence-corrected chi connectivity index (χ3v) is 5.73. The molecule has 0 saturated heterocycles. The highest BCUT2D eigenvalue weighted by Gasteiger charge is 2.40. The molecule has 0 bridgehead atoms. The Labute approximate surface area is 183 Å². The molecule has 1 aliphatic rings. The monoisotopic (exact) mass is 410 g/mol. The summed E-state index contributed by atoms with van der Waals surface area (Å²) >= 11 is 0. The van der Waals surface area contributed by atoms with Gasteiger partial charge in [0.05, 0.1) is 11.3 Å². The third kappa shape index (κ3) is 3.77. The lowest BCUT2D eigenvalue weighted by Crippen LogP contribution is -2.33. The maximum atomic E-state index is 13.6. The summed E-state index contributed by atoms with van der Waals surface area (Å²) in [6.45, 7) is 9.97. The third-order valence-electron chi connectivity index (χ3n) is 5.73. The first-order valence-electron chi connectivity index (χ1n) is 10.4. The Morgan fingerprint density at radius 3 is 2.00 bits per heavy atom. The Hall–Kier alpha value is -3.66. The second-order valence-electron chi connectivity index (χ2n) is 8.28. The van der Waals surface area contributed by atoms with Gasteiger partial charge in [-0.15, -0.1) is 0 Å². The molecule has 1 heterocycles. The van der Waals surface area contributed by atoms with E-state index >= 15 is 0 Å². The van der Waals surface area contributed by atoms with Crippen LogP contribution < -0.4 is 10.2 Å². The predicted molar refractivity (Wildman–Crippen MR) is 126 cm³/mol. The maximum absolute atomic E-state index is 13.6. The smallest absolute Gasteiger partial charge is 0.282 e. The fourth-order valence-corrected chi connectivity index (χ4v) is 4.03. The number of hydrogen-bond donors (Lipinski definition) is 1. The molecule has 0 aliphatic carbocycles. The van der Waals surface area contributed by atoms with Gasteiger partial charge in [-0.2, -0.15) is 0 Å². The van der Waals surface area contributed by atoms with Crippen molar-refractivity contribution in [1.82, 2.24) is 0 Å². The van der Waals surface area contributed by atoms with Gasteiger partial charge in [-0.25, -0.2) is 4.90 Å². The number of carbonyl (C=O) groups is 2. The van der Waals surface area contributed by atoms with Crippen LogP contribution in [0.5, 0.6) is 0 Å². The number of amides is 2. The van der Waals surface area contributed by atoms with Crippen molar-refractivity contribution in [3.8, 4) is 0 Å². The molecule has 4 nitrogen and oxygen atoms in total. The molecule has 0 spiro atoms. The first-order valence-corrected chi connectivity index (χ1v) is 10.4. The lowest BCUT2D eigenvalue weighted by Gasteiger charge is -2.17. The average Bonchev–Trinajstić information content (AvgIpc) is 2.94. The predicted octanol–water partition coefficient (Wildman–Crippen LogP) is 5.63. The van der Waals surface area contributed by atoms with E-state index in [2.05, 4.69) is 11.4 Å². The summed E-state index contributed by atoms with van der Waals surface area (Å²) < 4.78 is 0. The van der Waals surface area contributed by atoms with Crippen LogP contribution >= 0.6 is 0 Å². The number of benzene rings is 3. The summed E-state index contributed by atoms with van der Waals surface area (Å²) in [5.41, 5.74) is 8.10. The van der Waals surface area contributed by atoms with Crippen LogP contribution in [0, 0.1) is 34.6 Å². The van der Waals surface area contributed by atoms with E-state index in [0.29, 0.717) is 17.0 Å². The first kappa shape index (κ1) is 20.6. The van der Waals surface area contributed by atoms with E-state index in [1.807, 2.05) is 89.2 Å². The number of anilines is 2. The lowest BCUT2D eigenvalue weighted by atomic mass is 9.99. The zero-order chi connectivity index (χ0) is 22.3. The average molecular weight is 411 g/mol. The van der Waals surface area contributed by atoms with E-state index < -0.39 is 0 Å². The molecule has 0 atom stereocenters. The van der Waals surface area contributed by atoms with Crippen LogP contribution in [-0.4, -0.2) is 11.8 Å². The zero-order valence-electron chi connectivity index (χ0n) is 18.5. The largest absolute Gasteiger partial charge is 0.350 e. The fraction of sp³-hybridized carbons (Fsp3) is 0.185. The molecule has 3 aromatic rings. The van der Waals surface area contributed by atoms with Gasteiger partial charge < -0.3 is 5.32 Å². The minimum absolute atomic E-state index is 0.307. The highest BCUT2D eigenvalue weighted by molar-refractivity contribution is 6.46. The van der Waals surface area contributed by atoms with Crippen molar-refractivity contribution in [2.75, 3.05) is 10.2 Å². The Balaban J connectivity index is 1.88. The summed E-state index contributed by atoms with van der Waals surface area (Å²) in [5, 5.41) is 3.27. The van der Waals surface area contributed by atoms with Crippen molar-refractivity contribution in [3.63, 3.8) is 0 Å². The molecule has 156 valence electrons. The molecule has 0 unspecified atom stereocenters. The van der Waals surface area contributed by atoms with E-state index in [0.717, 1.165) is 39.1 Å². The van der Waals surface area contributed by atoms with E-state index in [1.165, 1.54) is 4.90 Å². The number of para-hydroxylation sites is 1. The molecule has 3 aromatic carbocycles. The van der Waals surface area contributed by atoms with Gasteiger partial charge in [-0.3, -0.25) is 9.59 Å². The van der Waals surface area contributed by atoms with Crippen molar-refractivity contribution in [1.29, 1.82) is 0 Å². The van der Waals surface area contributed by atoms with Gasteiger partial charge in [0.2, 0.25) is 0 Å². The molecule has 2 amide bonds. The number of nitrogens with zero attached hydrogens (tertiary/aromatic N) is 1. The van der Waals surface area contributed by atoms with E-state index in [-0.39, 0.29) is 11.8 Å². The molecule has 31 heavy (non-hydrogen) atoms. The van der Waals surface area contributed by atoms with Gasteiger partial charge in [0.25, 0.3) is 11.8 Å². The van der Waals surface area contributed by atoms with Crippen LogP contribution in [0.25, 0.3) is 5.57 Å². The SMILES string of the molecule is Cc1cc(C)cc(NC2=C(c3ccc(C)c(C)c3)C(=O)N(c3ccccc3C)C2=O)c1. The molecular formula is C27H26N2O2. The highest BCUT2D eigenvalue weighted by Crippen LogP contribution is 2.35. The number of hydrogen-bond acceptors (Lipinski definition) is 3. The second kappa shape index (κ2) is 7.88. The van der Waals surface area contributed by atoms with Crippen molar-refractivity contribution < 1.29 is 9.59 Å². The molecule has 1 N–H and O–H groups in total. The number of rotatable bonds is 4. The summed E-state index contributed by atoms with van der Waals surface area (Å²) in [4.78, 5) is 28.5. The first-order chi connectivity index (χ1) is 14.8. The molecule has 0 fully saturated rings. The van der Waals surface area contributed by atoms with Crippen molar-refractivity contribution in [2.24, 2.45) is 0 Å². The van der Waals surface area contributed by atoms with Gasteiger partial charge in [0.15, 0.2) is 0 Å². The van der Waals surface area contributed by atoms with Crippen molar-refractivity contribution in [2.45, 2.75) is 34.6 Å². The van der Waals surface area contributed by atoms with Crippen LogP contribution in [-0.2, 0) is 9.59 Å². The minimum atomic E-state index is -0.341. The Morgan fingerprint density at radius 2 is 1.35 bits per heavy atom. The van der Waals surface area contributed by atoms with E-state index in [4.69, 9.17) is 0 Å². The van der Waals surface area contributed by atoms with Crippen LogP contribution in [0.3, 0.4) is 0 Å². The van der Waals surface area contributed by atoms with Gasteiger partial charge in [-0.1, -0.05) is 42.5 Å². The molecule has 0 radical (unpaired) electrons. The number of nitrogens with one attached hydrogen (secondary N) is 1. The highest BCUT2D eigenvalue weighted by atomic mass is 16.2.